The molecule has 7 heteroatoms. The molecule has 1 fully saturated rings. The van der Waals surface area contributed by atoms with E-state index in [-0.39, 0.29) is 17.7 Å². The molecule has 1 saturated heterocycles. The Labute approximate surface area is 143 Å². The highest BCUT2D eigenvalue weighted by atomic mass is 35.5. The predicted molar refractivity (Wildman–Crippen MR) is 90.3 cm³/mol. The summed E-state index contributed by atoms with van der Waals surface area (Å²) in [7, 11) is 1.33. The number of nitro benzene ring substituents is 1. The first-order valence-corrected chi connectivity index (χ1v) is 7.68. The topological polar surface area (TPSA) is 72.5 Å². The second-order valence-corrected chi connectivity index (χ2v) is 6.04. The van der Waals surface area contributed by atoms with Crippen LogP contribution in [0.15, 0.2) is 42.5 Å². The van der Waals surface area contributed by atoms with Gasteiger partial charge in [-0.2, -0.15) is 0 Å². The fourth-order valence-corrected chi connectivity index (χ4v) is 3.00. The van der Waals surface area contributed by atoms with Gasteiger partial charge < -0.3 is 9.64 Å². The summed E-state index contributed by atoms with van der Waals surface area (Å²) in [6.07, 6.45) is 0. The number of nitro groups is 1. The van der Waals surface area contributed by atoms with Gasteiger partial charge in [-0.05, 0) is 30.7 Å². The molecule has 0 aromatic heterocycles. The van der Waals surface area contributed by atoms with Gasteiger partial charge in [-0.1, -0.05) is 29.8 Å². The summed E-state index contributed by atoms with van der Waals surface area (Å²) >= 11 is 5.91. The number of methoxy groups -OCH3 is 1. The summed E-state index contributed by atoms with van der Waals surface area (Å²) in [4.78, 5) is 24.6. The molecule has 0 bridgehead atoms. The monoisotopic (exact) mass is 346 g/mol. The molecule has 2 atom stereocenters. The minimum absolute atomic E-state index is 0.0258. The maximum Gasteiger partial charge on any atom is 0.331 e. The maximum atomic E-state index is 12.1. The molecule has 1 heterocycles. The van der Waals surface area contributed by atoms with E-state index < -0.39 is 11.0 Å². The van der Waals surface area contributed by atoms with E-state index in [9.17, 15) is 14.9 Å². The zero-order chi connectivity index (χ0) is 17.4. The molecule has 0 saturated carbocycles. The van der Waals surface area contributed by atoms with E-state index >= 15 is 0 Å². The molecule has 0 unspecified atom stereocenters. The summed E-state index contributed by atoms with van der Waals surface area (Å²) in [6, 6.07) is 11.4. The van der Waals surface area contributed by atoms with Crippen molar-refractivity contribution in [3.05, 3.63) is 68.7 Å². The lowest BCUT2D eigenvalue weighted by Gasteiger charge is -2.07. The molecule has 0 spiro atoms. The van der Waals surface area contributed by atoms with Crippen molar-refractivity contribution in [1.82, 2.24) is 0 Å². The van der Waals surface area contributed by atoms with Gasteiger partial charge in [0.1, 0.15) is 0 Å². The molecule has 0 radical (unpaired) electrons. The van der Waals surface area contributed by atoms with Crippen LogP contribution in [0, 0.1) is 17.0 Å². The predicted octanol–water partition coefficient (Wildman–Crippen LogP) is 3.66. The number of nitrogens with zero attached hydrogens (tertiary/aromatic N) is 2. The second-order valence-electron chi connectivity index (χ2n) is 5.60. The summed E-state index contributed by atoms with van der Waals surface area (Å²) < 4.78 is 4.86. The first-order valence-electron chi connectivity index (χ1n) is 7.30. The first kappa shape index (κ1) is 16.3. The normalized spacial score (nSPS) is 19.0. The minimum Gasteiger partial charge on any atom is -0.467 e. The standard InChI is InChI=1S/C17H15ClN2O4/c1-10-3-8-13(9-14(10)20(22)23)19-15(16(19)17(21)24-2)11-4-6-12(18)7-5-11/h3-9,15-16H,1-2H3/t15-,16+,19?/m1/s1. The van der Waals surface area contributed by atoms with Crippen LogP contribution in [0.1, 0.15) is 17.2 Å². The average molecular weight is 347 g/mol. The fraction of sp³-hybridized carbons (Fsp3) is 0.235. The number of rotatable bonds is 4. The third-order valence-electron chi connectivity index (χ3n) is 4.15. The Bertz CT molecular complexity index is 807. The molecule has 24 heavy (non-hydrogen) atoms. The molecule has 0 amide bonds. The van der Waals surface area contributed by atoms with E-state index in [0.29, 0.717) is 16.3 Å². The highest BCUT2D eigenvalue weighted by Crippen LogP contribution is 2.48. The van der Waals surface area contributed by atoms with Gasteiger partial charge in [0.2, 0.25) is 0 Å². The van der Waals surface area contributed by atoms with Crippen LogP contribution in [-0.4, -0.2) is 24.0 Å². The van der Waals surface area contributed by atoms with Gasteiger partial charge in [-0.15, -0.1) is 0 Å². The van der Waals surface area contributed by atoms with E-state index in [4.69, 9.17) is 16.3 Å². The van der Waals surface area contributed by atoms with Gasteiger partial charge in [0, 0.05) is 22.3 Å². The molecular weight excluding hydrogens is 332 g/mol. The van der Waals surface area contributed by atoms with E-state index in [1.165, 1.54) is 13.2 Å². The smallest absolute Gasteiger partial charge is 0.331 e. The van der Waals surface area contributed by atoms with Gasteiger partial charge in [0.15, 0.2) is 6.04 Å². The summed E-state index contributed by atoms with van der Waals surface area (Å²) in [6.45, 7) is 1.68. The van der Waals surface area contributed by atoms with Crippen LogP contribution in [0.3, 0.4) is 0 Å². The molecule has 0 aliphatic carbocycles. The van der Waals surface area contributed by atoms with Crippen molar-refractivity contribution in [2.75, 3.05) is 12.0 Å². The molecule has 6 nitrogen and oxygen atoms in total. The zero-order valence-electron chi connectivity index (χ0n) is 13.1. The summed E-state index contributed by atoms with van der Waals surface area (Å²) in [5.74, 6) is -0.377. The average Bonchev–Trinajstić information content (AvgIpc) is 3.30. The number of hydrogen-bond donors (Lipinski definition) is 0. The third-order valence-corrected chi connectivity index (χ3v) is 4.40. The van der Waals surface area contributed by atoms with E-state index in [2.05, 4.69) is 0 Å². The lowest BCUT2D eigenvalue weighted by atomic mass is 10.1. The highest BCUT2D eigenvalue weighted by Gasteiger charge is 2.54. The van der Waals surface area contributed by atoms with Crippen molar-refractivity contribution in [2.45, 2.75) is 19.0 Å². The van der Waals surface area contributed by atoms with E-state index in [1.54, 1.807) is 31.2 Å². The first-order chi connectivity index (χ1) is 11.4. The Morgan fingerprint density at radius 2 is 1.92 bits per heavy atom. The van der Waals surface area contributed by atoms with E-state index in [1.807, 2.05) is 17.0 Å². The van der Waals surface area contributed by atoms with Crippen molar-refractivity contribution in [3.8, 4) is 0 Å². The van der Waals surface area contributed by atoms with Crippen LogP contribution < -0.4 is 4.90 Å². The number of anilines is 1. The lowest BCUT2D eigenvalue weighted by Crippen LogP contribution is -2.14. The molecule has 0 N–H and O–H groups in total. The molecule has 3 rings (SSSR count). The molecule has 1 aliphatic heterocycles. The zero-order valence-corrected chi connectivity index (χ0v) is 13.9. The quantitative estimate of drug-likeness (QED) is 0.365. The largest absolute Gasteiger partial charge is 0.467 e. The Kier molecular flexibility index (Phi) is 4.15. The van der Waals surface area contributed by atoms with Crippen molar-refractivity contribution >= 4 is 28.9 Å². The second kappa shape index (κ2) is 6.13. The molecule has 2 aromatic rings. The Morgan fingerprint density at radius 1 is 1.25 bits per heavy atom. The number of hydrogen-bond acceptors (Lipinski definition) is 5. The van der Waals surface area contributed by atoms with Crippen molar-refractivity contribution in [1.29, 1.82) is 0 Å². The fourth-order valence-electron chi connectivity index (χ4n) is 2.87. The summed E-state index contributed by atoms with van der Waals surface area (Å²) in [5, 5.41) is 11.8. The van der Waals surface area contributed by atoms with Crippen molar-refractivity contribution in [2.24, 2.45) is 0 Å². The Morgan fingerprint density at radius 3 is 2.50 bits per heavy atom. The Hall–Kier alpha value is -2.60. The number of carbonyl (C=O) groups is 1. The van der Waals surface area contributed by atoms with Crippen LogP contribution >= 0.6 is 11.6 Å². The number of ether oxygens (including phenoxy) is 1. The van der Waals surface area contributed by atoms with Crippen LogP contribution in [-0.2, 0) is 9.53 Å². The number of benzene rings is 2. The van der Waals surface area contributed by atoms with Gasteiger partial charge in [-0.25, -0.2) is 4.79 Å². The van der Waals surface area contributed by atoms with Gasteiger partial charge in [-0.3, -0.25) is 10.1 Å². The van der Waals surface area contributed by atoms with Gasteiger partial charge in [0.25, 0.3) is 5.69 Å². The molecular formula is C17H15ClN2O4. The minimum atomic E-state index is -0.501. The van der Waals surface area contributed by atoms with Crippen LogP contribution in [0.2, 0.25) is 5.02 Å². The third kappa shape index (κ3) is 2.80. The SMILES string of the molecule is COC(=O)[C@@H]1[C@@H](c2ccc(Cl)cc2)N1c1ccc(C)c([N+](=O)[O-])c1. The van der Waals surface area contributed by atoms with Gasteiger partial charge >= 0.3 is 5.97 Å². The van der Waals surface area contributed by atoms with Crippen LogP contribution in [0.25, 0.3) is 0 Å². The molecule has 2 aromatic carbocycles. The molecule has 1 aliphatic rings. The number of aryl methyl sites for hydroxylation is 1. The number of esters is 1. The van der Waals surface area contributed by atoms with E-state index in [0.717, 1.165) is 5.56 Å². The lowest BCUT2D eigenvalue weighted by molar-refractivity contribution is -0.385. The Balaban J connectivity index is 1.99. The van der Waals surface area contributed by atoms with Crippen LogP contribution in [0.4, 0.5) is 11.4 Å². The summed E-state index contributed by atoms with van der Waals surface area (Å²) in [5.41, 5.74) is 2.11. The highest BCUT2D eigenvalue weighted by molar-refractivity contribution is 6.30. The van der Waals surface area contributed by atoms with Gasteiger partial charge in [0.05, 0.1) is 18.1 Å². The number of halogens is 1. The maximum absolute atomic E-state index is 12.1. The van der Waals surface area contributed by atoms with Crippen LogP contribution in [0.5, 0.6) is 0 Å². The molecule has 124 valence electrons. The van der Waals surface area contributed by atoms with Crippen molar-refractivity contribution in [3.63, 3.8) is 0 Å². The van der Waals surface area contributed by atoms with Crippen molar-refractivity contribution < 1.29 is 14.5 Å². The number of carbonyl (C=O) groups excluding carboxylic acids is 1.